The number of H-pyrrole nitrogens is 1. The molecule has 0 aliphatic carbocycles. The van der Waals surface area contributed by atoms with Crippen molar-refractivity contribution in [1.29, 1.82) is 0 Å². The molecule has 11 nitrogen and oxygen atoms in total. The number of ether oxygens (including phenoxy) is 3. The molecule has 1 aliphatic rings. The summed E-state index contributed by atoms with van der Waals surface area (Å²) in [6.07, 6.45) is -0.594. The van der Waals surface area contributed by atoms with E-state index in [2.05, 4.69) is 10.2 Å². The zero-order valence-corrected chi connectivity index (χ0v) is 21.5. The molecule has 0 fully saturated rings. The average molecular weight is 517 g/mol. The fraction of sp³-hybridized carbons (Fsp3) is 0.375. The van der Waals surface area contributed by atoms with Crippen LogP contribution in [0.5, 0.6) is 11.5 Å². The average Bonchev–Trinajstić information content (AvgIpc) is 2.81. The van der Waals surface area contributed by atoms with Gasteiger partial charge in [-0.05, 0) is 56.5 Å². The van der Waals surface area contributed by atoms with Crippen molar-refractivity contribution >= 4 is 27.1 Å². The summed E-state index contributed by atoms with van der Waals surface area (Å²) in [5, 5.41) is 7.80. The van der Waals surface area contributed by atoms with E-state index in [1.54, 1.807) is 32.9 Å². The summed E-state index contributed by atoms with van der Waals surface area (Å²) < 4.78 is 44.4. The number of aromatic nitrogens is 2. The minimum atomic E-state index is -4.08. The van der Waals surface area contributed by atoms with Gasteiger partial charge < -0.3 is 14.2 Å². The number of carbonyl (C=O) groups excluding carboxylic acids is 1. The van der Waals surface area contributed by atoms with Gasteiger partial charge in [-0.1, -0.05) is 12.1 Å². The highest BCUT2D eigenvalue weighted by atomic mass is 32.2. The molecule has 0 saturated heterocycles. The maximum Gasteiger partial charge on any atom is 0.422 e. The monoisotopic (exact) mass is 516 g/mol. The first-order valence-corrected chi connectivity index (χ1v) is 12.6. The molecule has 36 heavy (non-hydrogen) atoms. The number of rotatable bonds is 5. The third-order valence-electron chi connectivity index (χ3n) is 5.70. The minimum Gasteiger partial charge on any atom is -0.493 e. The molecule has 0 saturated carbocycles. The van der Waals surface area contributed by atoms with E-state index in [0.717, 1.165) is 16.7 Å². The van der Waals surface area contributed by atoms with Crippen LogP contribution in [0.3, 0.4) is 0 Å². The van der Waals surface area contributed by atoms with Gasteiger partial charge in [0.05, 0.1) is 25.3 Å². The number of benzene rings is 2. The number of aromatic amines is 1. The topological polar surface area (TPSA) is 140 Å². The fourth-order valence-electron chi connectivity index (χ4n) is 4.06. The number of fused-ring (bicyclic) bond motifs is 2. The van der Waals surface area contributed by atoms with Crippen molar-refractivity contribution in [3.05, 3.63) is 51.8 Å². The van der Waals surface area contributed by atoms with E-state index in [-0.39, 0.29) is 18.6 Å². The lowest BCUT2D eigenvalue weighted by Crippen LogP contribution is -2.46. The highest BCUT2D eigenvalue weighted by Crippen LogP contribution is 2.35. The van der Waals surface area contributed by atoms with Gasteiger partial charge in [-0.25, -0.2) is 14.6 Å². The predicted octanol–water partition coefficient (Wildman–Crippen LogP) is 2.73. The molecule has 2 aromatic carbocycles. The molecular formula is C24H28N4O7S. The van der Waals surface area contributed by atoms with Gasteiger partial charge in [-0.2, -0.15) is 17.8 Å². The van der Waals surface area contributed by atoms with E-state index in [1.165, 1.54) is 18.5 Å². The number of nitrogens with zero attached hydrogens (tertiary/aromatic N) is 2. The molecule has 2 N–H and O–H groups in total. The molecule has 12 heteroatoms. The molecule has 1 aliphatic heterocycles. The molecule has 0 atom stereocenters. The van der Waals surface area contributed by atoms with Crippen molar-refractivity contribution in [3.8, 4) is 22.8 Å². The summed E-state index contributed by atoms with van der Waals surface area (Å²) in [4.78, 5) is 24.4. The third kappa shape index (κ3) is 5.14. The largest absolute Gasteiger partial charge is 0.493 e. The van der Waals surface area contributed by atoms with Crippen molar-refractivity contribution in [2.24, 2.45) is 0 Å². The Kier molecular flexibility index (Phi) is 6.67. The number of amides is 1. The lowest BCUT2D eigenvalue weighted by molar-refractivity contribution is 0.0566. The van der Waals surface area contributed by atoms with Gasteiger partial charge in [0.15, 0.2) is 11.5 Å². The Balaban J connectivity index is 1.64. The summed E-state index contributed by atoms with van der Waals surface area (Å²) >= 11 is 0. The lowest BCUT2D eigenvalue weighted by atomic mass is 9.95. The second-order valence-electron chi connectivity index (χ2n) is 9.33. The third-order valence-corrected chi connectivity index (χ3v) is 7.12. The van der Waals surface area contributed by atoms with Gasteiger partial charge in [0.1, 0.15) is 5.60 Å². The Bertz CT molecular complexity index is 1490. The SMILES string of the molecule is COc1cc2c(-c3ccc4c(c3)CCN(S(=O)(=O)NC(=O)OC(C)(C)C)C4)n[nH]c(=O)c2cc1OC. The highest BCUT2D eigenvalue weighted by molar-refractivity contribution is 7.87. The second kappa shape index (κ2) is 9.43. The first-order chi connectivity index (χ1) is 16.9. The maximum atomic E-state index is 12.7. The number of methoxy groups -OCH3 is 2. The molecular weight excluding hydrogens is 488 g/mol. The quantitative estimate of drug-likeness (QED) is 0.528. The Morgan fingerprint density at radius 1 is 1.06 bits per heavy atom. The molecule has 0 spiro atoms. The first kappa shape index (κ1) is 25.5. The van der Waals surface area contributed by atoms with Crippen molar-refractivity contribution in [1.82, 2.24) is 19.2 Å². The highest BCUT2D eigenvalue weighted by Gasteiger charge is 2.30. The predicted molar refractivity (Wildman–Crippen MR) is 133 cm³/mol. The van der Waals surface area contributed by atoms with E-state index in [4.69, 9.17) is 14.2 Å². The molecule has 2 heterocycles. The molecule has 3 aromatic rings. The van der Waals surface area contributed by atoms with E-state index in [1.807, 2.05) is 22.9 Å². The van der Waals surface area contributed by atoms with E-state index >= 15 is 0 Å². The van der Waals surface area contributed by atoms with Crippen LogP contribution in [0.25, 0.3) is 22.0 Å². The Morgan fingerprint density at radius 2 is 1.72 bits per heavy atom. The van der Waals surface area contributed by atoms with Crippen LogP contribution < -0.4 is 19.8 Å². The smallest absolute Gasteiger partial charge is 0.422 e. The van der Waals surface area contributed by atoms with E-state index in [9.17, 15) is 18.0 Å². The molecule has 0 unspecified atom stereocenters. The van der Waals surface area contributed by atoms with Crippen LogP contribution in [0, 0.1) is 0 Å². The van der Waals surface area contributed by atoms with Gasteiger partial charge in [-0.3, -0.25) is 4.79 Å². The number of hydrogen-bond donors (Lipinski definition) is 2. The van der Waals surface area contributed by atoms with Crippen molar-refractivity contribution in [3.63, 3.8) is 0 Å². The van der Waals surface area contributed by atoms with Crippen LogP contribution in [-0.4, -0.2) is 55.4 Å². The Hall–Kier alpha value is -3.64. The fourth-order valence-corrected chi connectivity index (χ4v) is 5.08. The van der Waals surface area contributed by atoms with Crippen LogP contribution in [0.4, 0.5) is 4.79 Å². The van der Waals surface area contributed by atoms with Crippen LogP contribution in [0.2, 0.25) is 0 Å². The summed E-state index contributed by atoms with van der Waals surface area (Å²) in [7, 11) is -1.07. The maximum absolute atomic E-state index is 12.7. The van der Waals surface area contributed by atoms with Gasteiger partial charge in [0.2, 0.25) is 0 Å². The van der Waals surface area contributed by atoms with Crippen LogP contribution in [0.15, 0.2) is 35.1 Å². The van der Waals surface area contributed by atoms with E-state index < -0.39 is 21.9 Å². The summed E-state index contributed by atoms with van der Waals surface area (Å²) in [5.74, 6) is 0.898. The molecule has 1 amide bonds. The Morgan fingerprint density at radius 3 is 2.36 bits per heavy atom. The first-order valence-electron chi connectivity index (χ1n) is 11.2. The zero-order valence-electron chi connectivity index (χ0n) is 20.7. The van der Waals surface area contributed by atoms with Gasteiger partial charge in [0, 0.05) is 24.0 Å². The van der Waals surface area contributed by atoms with Gasteiger partial charge in [-0.15, -0.1) is 0 Å². The second-order valence-corrected chi connectivity index (χ2v) is 11.0. The molecule has 4 rings (SSSR count). The molecule has 0 bridgehead atoms. The van der Waals surface area contributed by atoms with Crippen LogP contribution in [-0.2, 0) is 27.9 Å². The van der Waals surface area contributed by atoms with Gasteiger partial charge >= 0.3 is 16.3 Å². The molecule has 0 radical (unpaired) electrons. The molecule has 192 valence electrons. The minimum absolute atomic E-state index is 0.0958. The zero-order chi connectivity index (χ0) is 26.3. The van der Waals surface area contributed by atoms with E-state index in [0.29, 0.717) is 34.4 Å². The van der Waals surface area contributed by atoms with Crippen LogP contribution >= 0.6 is 0 Å². The number of nitrogens with one attached hydrogen (secondary N) is 2. The molecule has 1 aromatic heterocycles. The van der Waals surface area contributed by atoms with Crippen molar-refractivity contribution in [2.75, 3.05) is 20.8 Å². The summed E-state index contributed by atoms with van der Waals surface area (Å²) in [5.41, 5.74) is 1.87. The van der Waals surface area contributed by atoms with Crippen molar-refractivity contribution < 1.29 is 27.4 Å². The van der Waals surface area contributed by atoms with Crippen molar-refractivity contribution in [2.45, 2.75) is 39.3 Å². The summed E-state index contributed by atoms with van der Waals surface area (Å²) in [6.45, 7) is 5.24. The normalized spacial score (nSPS) is 14.2. The summed E-state index contributed by atoms with van der Waals surface area (Å²) in [6, 6.07) is 8.88. The standard InChI is InChI=1S/C24H28N4O7S/c1-24(2,3)35-23(30)27-36(31,32)28-9-8-14-10-15(6-7-16(14)13-28)21-17-11-19(33-4)20(34-5)12-18(17)22(29)26-25-21/h6-7,10-12H,8-9,13H2,1-5H3,(H,26,29)(H,27,30). The number of hydrogen-bond acceptors (Lipinski definition) is 8. The van der Waals surface area contributed by atoms with Gasteiger partial charge in [0.25, 0.3) is 5.56 Å². The van der Waals surface area contributed by atoms with Crippen LogP contribution in [0.1, 0.15) is 31.9 Å². The Labute approximate surface area is 208 Å². The lowest BCUT2D eigenvalue weighted by Gasteiger charge is -2.29. The number of carbonyl (C=O) groups is 1.